The normalized spacial score (nSPS) is 17.6. The Labute approximate surface area is 185 Å². The Kier molecular flexibility index (Phi) is 6.88. The van der Waals surface area contributed by atoms with E-state index in [2.05, 4.69) is 24.8 Å². The second-order valence-corrected chi connectivity index (χ2v) is 8.15. The number of aromatic nitrogens is 2. The second-order valence-electron chi connectivity index (χ2n) is 8.15. The highest BCUT2D eigenvalue weighted by Crippen LogP contribution is 2.27. The van der Waals surface area contributed by atoms with Gasteiger partial charge in [-0.05, 0) is 49.8 Å². The average molecular weight is 451 g/mol. The molecule has 1 aromatic heterocycles. The van der Waals surface area contributed by atoms with Crippen molar-refractivity contribution in [1.29, 1.82) is 0 Å². The van der Waals surface area contributed by atoms with Gasteiger partial charge in [0.05, 0.1) is 6.10 Å². The minimum atomic E-state index is -4.73. The number of hydrogen-bond acceptors (Lipinski definition) is 7. The summed E-state index contributed by atoms with van der Waals surface area (Å²) >= 11 is 0. The Hall–Kier alpha value is -2.75. The van der Waals surface area contributed by atoms with Gasteiger partial charge in [0.25, 0.3) is 0 Å². The topological polar surface area (TPSA) is 73.8 Å². The van der Waals surface area contributed by atoms with Gasteiger partial charge in [0.15, 0.2) is 0 Å². The van der Waals surface area contributed by atoms with Crippen LogP contribution in [-0.2, 0) is 0 Å². The molecule has 32 heavy (non-hydrogen) atoms. The third kappa shape index (κ3) is 5.93. The fourth-order valence-electron chi connectivity index (χ4n) is 4.07. The Morgan fingerprint density at radius 3 is 2.22 bits per heavy atom. The number of anilines is 3. The maximum Gasteiger partial charge on any atom is 0.573 e. The van der Waals surface area contributed by atoms with E-state index in [0.29, 0.717) is 24.3 Å². The van der Waals surface area contributed by atoms with Crippen molar-refractivity contribution in [2.75, 3.05) is 47.8 Å². The van der Waals surface area contributed by atoms with E-state index >= 15 is 0 Å². The van der Waals surface area contributed by atoms with Crippen LogP contribution in [0.25, 0.3) is 0 Å². The van der Waals surface area contributed by atoms with Crippen molar-refractivity contribution >= 4 is 17.6 Å². The summed E-state index contributed by atoms with van der Waals surface area (Å²) in [4.78, 5) is 13.9. The van der Waals surface area contributed by atoms with E-state index in [4.69, 9.17) is 4.98 Å². The molecule has 1 aromatic carbocycles. The summed E-state index contributed by atoms with van der Waals surface area (Å²) < 4.78 is 40.7. The number of ether oxygens (including phenoxy) is 1. The fourth-order valence-corrected chi connectivity index (χ4v) is 4.07. The number of benzene rings is 1. The summed E-state index contributed by atoms with van der Waals surface area (Å²) in [6, 6.07) is 7.23. The van der Waals surface area contributed by atoms with Gasteiger partial charge < -0.3 is 25.0 Å². The van der Waals surface area contributed by atoms with Gasteiger partial charge in [0.2, 0.25) is 5.95 Å². The van der Waals surface area contributed by atoms with E-state index in [0.717, 1.165) is 63.6 Å². The summed E-state index contributed by atoms with van der Waals surface area (Å²) in [5, 5.41) is 13.7. The maximum absolute atomic E-state index is 12.3. The summed E-state index contributed by atoms with van der Waals surface area (Å²) in [6.45, 7) is 4.34. The Morgan fingerprint density at radius 1 is 0.969 bits per heavy atom. The molecule has 0 amide bonds. The lowest BCUT2D eigenvalue weighted by Gasteiger charge is -2.22. The number of halogens is 3. The summed E-state index contributed by atoms with van der Waals surface area (Å²) in [5.41, 5.74) is 0.527. The van der Waals surface area contributed by atoms with Crippen LogP contribution in [0.15, 0.2) is 30.3 Å². The van der Waals surface area contributed by atoms with Crippen LogP contribution < -0.4 is 19.9 Å². The molecule has 174 valence electrons. The average Bonchev–Trinajstić information content (AvgIpc) is 3.47. The number of nitrogens with zero attached hydrogens (tertiary/aromatic N) is 4. The molecule has 0 aliphatic carbocycles. The van der Waals surface area contributed by atoms with Gasteiger partial charge in [0, 0.05) is 38.8 Å². The summed E-state index contributed by atoms with van der Waals surface area (Å²) in [6.07, 6.45) is -0.584. The quantitative estimate of drug-likeness (QED) is 0.626. The van der Waals surface area contributed by atoms with Crippen LogP contribution in [0.1, 0.15) is 43.8 Å². The molecule has 1 unspecified atom stereocenters. The van der Waals surface area contributed by atoms with Crippen molar-refractivity contribution in [3.05, 3.63) is 35.9 Å². The predicted octanol–water partition coefficient (Wildman–Crippen LogP) is 4.11. The standard InChI is InChI=1S/C22H28F3N5O2/c23-22(24,25)32-17-7-5-16(6-8-17)18(31)9-10-26-19-15-20(29-11-1-2-12-29)28-21(27-19)30-13-3-4-14-30/h5-8,15,18,31H,1-4,9-14H2,(H,26,27,28). The summed E-state index contributed by atoms with van der Waals surface area (Å²) in [7, 11) is 0. The van der Waals surface area contributed by atoms with Crippen molar-refractivity contribution in [3.8, 4) is 5.75 Å². The molecule has 2 fully saturated rings. The first-order chi connectivity index (χ1) is 15.4. The van der Waals surface area contributed by atoms with Gasteiger partial charge >= 0.3 is 6.36 Å². The van der Waals surface area contributed by atoms with Crippen LogP contribution in [0.5, 0.6) is 5.75 Å². The zero-order valence-corrected chi connectivity index (χ0v) is 17.8. The maximum atomic E-state index is 12.3. The lowest BCUT2D eigenvalue weighted by Crippen LogP contribution is -2.25. The van der Waals surface area contributed by atoms with Crippen LogP contribution in [0.4, 0.5) is 30.8 Å². The number of aliphatic hydroxyl groups is 1. The van der Waals surface area contributed by atoms with Crippen molar-refractivity contribution in [1.82, 2.24) is 9.97 Å². The highest BCUT2D eigenvalue weighted by molar-refractivity contribution is 5.55. The molecule has 2 aromatic rings. The fraction of sp³-hybridized carbons (Fsp3) is 0.545. The first-order valence-electron chi connectivity index (χ1n) is 11.0. The molecule has 2 aliphatic heterocycles. The largest absolute Gasteiger partial charge is 0.573 e. The van der Waals surface area contributed by atoms with E-state index in [1.54, 1.807) is 0 Å². The molecule has 0 bridgehead atoms. The number of alkyl halides is 3. The van der Waals surface area contributed by atoms with Crippen LogP contribution in [0.3, 0.4) is 0 Å². The highest BCUT2D eigenvalue weighted by Gasteiger charge is 2.31. The van der Waals surface area contributed by atoms with E-state index in [1.165, 1.54) is 24.3 Å². The molecule has 0 radical (unpaired) electrons. The molecule has 2 N–H and O–H groups in total. The number of nitrogens with one attached hydrogen (secondary N) is 1. The molecule has 2 aliphatic rings. The Morgan fingerprint density at radius 2 is 1.59 bits per heavy atom. The van der Waals surface area contributed by atoms with Gasteiger partial charge in [-0.3, -0.25) is 0 Å². The first kappa shape index (κ1) is 22.4. The molecule has 0 saturated carbocycles. The number of hydrogen-bond donors (Lipinski definition) is 2. The molecule has 3 heterocycles. The third-order valence-corrected chi connectivity index (χ3v) is 5.74. The number of rotatable bonds is 8. The SMILES string of the molecule is OC(CCNc1cc(N2CCCC2)nc(N2CCCC2)n1)c1ccc(OC(F)(F)F)cc1. The van der Waals surface area contributed by atoms with E-state index < -0.39 is 12.5 Å². The third-order valence-electron chi connectivity index (χ3n) is 5.74. The van der Waals surface area contributed by atoms with Crippen LogP contribution >= 0.6 is 0 Å². The van der Waals surface area contributed by atoms with Gasteiger partial charge in [-0.1, -0.05) is 12.1 Å². The van der Waals surface area contributed by atoms with Crippen molar-refractivity contribution in [2.45, 2.75) is 44.6 Å². The van der Waals surface area contributed by atoms with Crippen molar-refractivity contribution in [3.63, 3.8) is 0 Å². The lowest BCUT2D eigenvalue weighted by atomic mass is 10.1. The monoisotopic (exact) mass is 451 g/mol. The molecule has 10 heteroatoms. The molecule has 1 atom stereocenters. The minimum Gasteiger partial charge on any atom is -0.406 e. The first-order valence-corrected chi connectivity index (χ1v) is 11.0. The summed E-state index contributed by atoms with van der Waals surface area (Å²) in [5.74, 6) is 2.05. The van der Waals surface area contributed by atoms with Gasteiger partial charge in [-0.2, -0.15) is 9.97 Å². The smallest absolute Gasteiger partial charge is 0.406 e. The molecular weight excluding hydrogens is 423 g/mol. The van der Waals surface area contributed by atoms with E-state index in [-0.39, 0.29) is 5.75 Å². The van der Waals surface area contributed by atoms with Crippen LogP contribution in [0, 0.1) is 0 Å². The molecule has 7 nitrogen and oxygen atoms in total. The minimum absolute atomic E-state index is 0.309. The van der Waals surface area contributed by atoms with Gasteiger partial charge in [-0.25, -0.2) is 0 Å². The van der Waals surface area contributed by atoms with Crippen LogP contribution in [-0.4, -0.2) is 54.2 Å². The molecule has 4 rings (SSSR count). The predicted molar refractivity (Wildman–Crippen MR) is 116 cm³/mol. The van der Waals surface area contributed by atoms with Crippen molar-refractivity contribution < 1.29 is 23.0 Å². The molecule has 0 spiro atoms. The van der Waals surface area contributed by atoms with Crippen molar-refractivity contribution in [2.24, 2.45) is 0 Å². The van der Waals surface area contributed by atoms with Gasteiger partial charge in [-0.15, -0.1) is 13.2 Å². The number of aliphatic hydroxyl groups excluding tert-OH is 1. The van der Waals surface area contributed by atoms with Gasteiger partial charge in [0.1, 0.15) is 17.4 Å². The Bertz CT molecular complexity index is 848. The lowest BCUT2D eigenvalue weighted by molar-refractivity contribution is -0.274. The molecular formula is C22H28F3N5O2. The Balaban J connectivity index is 1.37. The zero-order valence-electron chi connectivity index (χ0n) is 17.8. The van der Waals surface area contributed by atoms with E-state index in [9.17, 15) is 18.3 Å². The zero-order chi connectivity index (χ0) is 22.6. The molecule has 2 saturated heterocycles. The second kappa shape index (κ2) is 9.81. The van der Waals surface area contributed by atoms with Crippen LogP contribution in [0.2, 0.25) is 0 Å². The van der Waals surface area contributed by atoms with E-state index in [1.807, 2.05) is 6.07 Å². The highest BCUT2D eigenvalue weighted by atomic mass is 19.4.